The molecule has 0 aliphatic carbocycles. The molecular weight excluding hydrogens is 250 g/mol. The number of nitro benzene ring substituents is 1. The predicted molar refractivity (Wildman–Crippen MR) is 67.0 cm³/mol. The fourth-order valence-corrected chi connectivity index (χ4v) is 1.37. The van der Waals surface area contributed by atoms with Crippen LogP contribution in [0.15, 0.2) is 52.7 Å². The molecule has 19 heavy (non-hydrogen) atoms. The van der Waals surface area contributed by atoms with E-state index in [1.165, 1.54) is 18.2 Å². The molecule has 96 valence electrons. The van der Waals surface area contributed by atoms with Crippen LogP contribution in [0.1, 0.15) is 0 Å². The molecule has 0 amide bonds. The Morgan fingerprint density at radius 1 is 0.947 bits per heavy atom. The monoisotopic (exact) mass is 259 g/mol. The van der Waals surface area contributed by atoms with Crippen molar-refractivity contribution in [2.75, 3.05) is 0 Å². The van der Waals surface area contributed by atoms with Gasteiger partial charge in [-0.15, -0.1) is 10.2 Å². The number of rotatable bonds is 3. The van der Waals surface area contributed by atoms with E-state index < -0.39 is 4.92 Å². The Balaban J connectivity index is 2.29. The average molecular weight is 259 g/mol. The molecule has 0 aliphatic heterocycles. The van der Waals surface area contributed by atoms with Crippen molar-refractivity contribution in [3.8, 4) is 11.5 Å². The molecule has 0 radical (unpaired) electrons. The predicted octanol–water partition coefficient (Wildman–Crippen LogP) is 3.42. The minimum Gasteiger partial charge on any atom is -0.506 e. The topological polar surface area (TPSA) is 108 Å². The largest absolute Gasteiger partial charge is 0.506 e. The lowest BCUT2D eigenvalue weighted by Crippen LogP contribution is -1.86. The molecule has 0 aromatic heterocycles. The first-order valence-electron chi connectivity index (χ1n) is 5.25. The van der Waals surface area contributed by atoms with Crippen LogP contribution < -0.4 is 0 Å². The van der Waals surface area contributed by atoms with Gasteiger partial charge in [0, 0.05) is 6.07 Å². The van der Waals surface area contributed by atoms with Gasteiger partial charge in [0.15, 0.2) is 0 Å². The number of hydrogen-bond acceptors (Lipinski definition) is 6. The molecule has 0 unspecified atom stereocenters. The van der Waals surface area contributed by atoms with Crippen molar-refractivity contribution in [3.63, 3.8) is 0 Å². The molecule has 0 fully saturated rings. The number of para-hydroxylation sites is 1. The zero-order valence-electron chi connectivity index (χ0n) is 9.59. The zero-order chi connectivity index (χ0) is 13.8. The number of nitro groups is 1. The van der Waals surface area contributed by atoms with E-state index in [1.54, 1.807) is 18.2 Å². The van der Waals surface area contributed by atoms with Crippen molar-refractivity contribution in [1.29, 1.82) is 0 Å². The molecule has 2 aromatic rings. The van der Waals surface area contributed by atoms with Crippen LogP contribution in [-0.2, 0) is 0 Å². The van der Waals surface area contributed by atoms with Gasteiger partial charge in [0.25, 0.3) is 5.69 Å². The van der Waals surface area contributed by atoms with Crippen LogP contribution in [0.2, 0.25) is 0 Å². The summed E-state index contributed by atoms with van der Waals surface area (Å²) in [5.74, 6) is -0.402. The lowest BCUT2D eigenvalue weighted by molar-refractivity contribution is -0.384. The second-order valence-corrected chi connectivity index (χ2v) is 3.62. The maximum Gasteiger partial charge on any atom is 0.273 e. The van der Waals surface area contributed by atoms with Gasteiger partial charge >= 0.3 is 0 Å². The van der Waals surface area contributed by atoms with Crippen LogP contribution >= 0.6 is 0 Å². The molecule has 7 nitrogen and oxygen atoms in total. The number of hydrogen-bond donors (Lipinski definition) is 2. The fourth-order valence-electron chi connectivity index (χ4n) is 1.37. The van der Waals surface area contributed by atoms with E-state index >= 15 is 0 Å². The quantitative estimate of drug-likeness (QED) is 0.500. The third-order valence-corrected chi connectivity index (χ3v) is 2.32. The minimum atomic E-state index is -0.621. The van der Waals surface area contributed by atoms with Gasteiger partial charge in [0.1, 0.15) is 22.9 Å². The Morgan fingerprint density at radius 3 is 2.16 bits per heavy atom. The van der Waals surface area contributed by atoms with Crippen molar-refractivity contribution in [2.24, 2.45) is 10.2 Å². The van der Waals surface area contributed by atoms with Crippen molar-refractivity contribution in [3.05, 3.63) is 52.6 Å². The van der Waals surface area contributed by atoms with E-state index in [2.05, 4.69) is 10.2 Å². The summed E-state index contributed by atoms with van der Waals surface area (Å²) >= 11 is 0. The normalized spacial score (nSPS) is 10.7. The van der Waals surface area contributed by atoms with Gasteiger partial charge in [0.05, 0.1) is 11.0 Å². The van der Waals surface area contributed by atoms with Gasteiger partial charge in [-0.1, -0.05) is 12.1 Å². The van der Waals surface area contributed by atoms with Crippen molar-refractivity contribution in [2.45, 2.75) is 0 Å². The molecule has 0 aliphatic rings. The van der Waals surface area contributed by atoms with Crippen molar-refractivity contribution >= 4 is 17.1 Å². The highest BCUT2D eigenvalue weighted by molar-refractivity contribution is 5.57. The summed E-state index contributed by atoms with van der Waals surface area (Å²) in [4.78, 5) is 9.87. The lowest BCUT2D eigenvalue weighted by Gasteiger charge is -1.98. The Hall–Kier alpha value is -2.96. The first-order chi connectivity index (χ1) is 9.08. The summed E-state index contributed by atoms with van der Waals surface area (Å²) in [6.45, 7) is 0. The van der Waals surface area contributed by atoms with Gasteiger partial charge in [-0.3, -0.25) is 10.1 Å². The summed E-state index contributed by atoms with van der Waals surface area (Å²) in [7, 11) is 0. The molecule has 0 bridgehead atoms. The second-order valence-electron chi connectivity index (χ2n) is 3.62. The van der Waals surface area contributed by atoms with E-state index in [0.717, 1.165) is 6.07 Å². The fraction of sp³-hybridized carbons (Fsp3) is 0. The number of azo groups is 1. The molecule has 2 aromatic carbocycles. The highest BCUT2D eigenvalue weighted by atomic mass is 16.6. The molecule has 0 saturated heterocycles. The van der Waals surface area contributed by atoms with Crippen LogP contribution in [0.25, 0.3) is 0 Å². The number of benzene rings is 2. The van der Waals surface area contributed by atoms with Crippen molar-refractivity contribution in [1.82, 2.24) is 0 Å². The Morgan fingerprint density at radius 2 is 1.58 bits per heavy atom. The first kappa shape index (κ1) is 12.5. The molecular formula is C12H9N3O4. The molecule has 2 N–H and O–H groups in total. The van der Waals surface area contributed by atoms with Crippen LogP contribution in [-0.4, -0.2) is 15.1 Å². The highest BCUT2D eigenvalue weighted by Crippen LogP contribution is 2.33. The van der Waals surface area contributed by atoms with Crippen LogP contribution in [0.5, 0.6) is 11.5 Å². The average Bonchev–Trinajstić information content (AvgIpc) is 2.39. The maximum absolute atomic E-state index is 10.5. The van der Waals surface area contributed by atoms with Crippen molar-refractivity contribution < 1.29 is 15.1 Å². The third-order valence-electron chi connectivity index (χ3n) is 2.32. The van der Waals surface area contributed by atoms with Crippen LogP contribution in [0.3, 0.4) is 0 Å². The SMILES string of the molecule is O=[N+]([O-])c1ccc(N=Nc2ccccc2O)c(O)c1. The zero-order valence-corrected chi connectivity index (χ0v) is 9.59. The van der Waals surface area contributed by atoms with Crippen LogP contribution in [0, 0.1) is 10.1 Å². The molecule has 2 rings (SSSR count). The van der Waals surface area contributed by atoms with E-state index in [1.807, 2.05) is 0 Å². The summed E-state index contributed by atoms with van der Waals surface area (Å²) in [6, 6.07) is 9.77. The van der Waals surface area contributed by atoms with Gasteiger partial charge < -0.3 is 10.2 Å². The summed E-state index contributed by atoms with van der Waals surface area (Å²) in [6.07, 6.45) is 0. The Labute approximate surface area is 107 Å². The van der Waals surface area contributed by atoms with Gasteiger partial charge in [-0.05, 0) is 18.2 Å². The Bertz CT molecular complexity index is 655. The molecule has 7 heteroatoms. The first-order valence-corrected chi connectivity index (χ1v) is 5.25. The van der Waals surface area contributed by atoms with E-state index in [9.17, 15) is 20.3 Å². The number of aromatic hydroxyl groups is 2. The van der Waals surface area contributed by atoms with Crippen LogP contribution in [0.4, 0.5) is 17.1 Å². The number of phenols is 2. The molecule has 0 saturated carbocycles. The summed E-state index contributed by atoms with van der Waals surface area (Å²) in [5.41, 5.74) is 0.0770. The molecule has 0 atom stereocenters. The summed E-state index contributed by atoms with van der Waals surface area (Å²) < 4.78 is 0. The number of nitrogens with zero attached hydrogens (tertiary/aromatic N) is 3. The van der Waals surface area contributed by atoms with Gasteiger partial charge in [0.2, 0.25) is 0 Å². The molecule has 0 heterocycles. The minimum absolute atomic E-state index is 0.0485. The Kier molecular flexibility index (Phi) is 3.37. The smallest absolute Gasteiger partial charge is 0.273 e. The van der Waals surface area contributed by atoms with Gasteiger partial charge in [-0.25, -0.2) is 0 Å². The van der Waals surface area contributed by atoms with E-state index in [-0.39, 0.29) is 28.6 Å². The molecule has 0 spiro atoms. The highest BCUT2D eigenvalue weighted by Gasteiger charge is 2.09. The third kappa shape index (κ3) is 2.83. The lowest BCUT2D eigenvalue weighted by atomic mass is 10.2. The van der Waals surface area contributed by atoms with E-state index in [0.29, 0.717) is 0 Å². The number of phenolic OH excluding ortho intramolecular Hbond substituents is 2. The number of non-ortho nitro benzene ring substituents is 1. The van der Waals surface area contributed by atoms with E-state index in [4.69, 9.17) is 0 Å². The van der Waals surface area contributed by atoms with Gasteiger partial charge in [-0.2, -0.15) is 0 Å². The standard InChI is InChI=1S/C12H9N3O4/c16-11-4-2-1-3-9(11)13-14-10-6-5-8(15(18)19)7-12(10)17/h1-7,16-17H. The second kappa shape index (κ2) is 5.13. The maximum atomic E-state index is 10.5. The summed E-state index contributed by atoms with van der Waals surface area (Å²) in [5, 5.41) is 37.0.